The minimum Gasteiger partial charge on any atom is -0.756 e. The first kappa shape index (κ1) is 81.2. The summed E-state index contributed by atoms with van der Waals surface area (Å²) in [5.41, 5.74) is 0. The van der Waals surface area contributed by atoms with E-state index in [4.69, 9.17) is 13.8 Å². The molecule has 3 atom stereocenters. The smallest absolute Gasteiger partial charge is 0.306 e. The van der Waals surface area contributed by atoms with Crippen molar-refractivity contribution in [1.82, 2.24) is 5.32 Å². The fourth-order valence-corrected chi connectivity index (χ4v) is 10.00. The zero-order valence-electron chi connectivity index (χ0n) is 55.5. The number of likely N-dealkylation sites (N-methyl/N-ethyl adjacent to an activating group) is 1. The number of esters is 1. The maximum Gasteiger partial charge on any atom is 0.306 e. The number of phosphoric acid groups is 1. The SMILES string of the molecule is CC/C=C\C/C=C\C/C=C\C/C=C\C/C=C\C/C=C\CCCCC(=O)OC(/C=C\CCCCCCCCCCC)C(COP(=O)([O-])OCC[N+](C)(C)C)NC(=O)CCCCCCCCCCCCC/C=C\C/C=C\C/C=C\C/C=C\CCCCC. The van der Waals surface area contributed by atoms with Gasteiger partial charge in [-0.05, 0) is 128 Å². The van der Waals surface area contributed by atoms with Crippen molar-refractivity contribution in [3.8, 4) is 0 Å². The third-order valence-corrected chi connectivity index (χ3v) is 15.5. The molecular formula is C75H129N2O7P. The summed E-state index contributed by atoms with van der Waals surface area (Å²) in [6.07, 6.45) is 90.0. The predicted octanol–water partition coefficient (Wildman–Crippen LogP) is 21.4. The Kier molecular flexibility index (Phi) is 60.3. The Labute approximate surface area is 524 Å². The number of hydrogen-bond acceptors (Lipinski definition) is 7. The van der Waals surface area contributed by atoms with Crippen molar-refractivity contribution >= 4 is 19.7 Å². The molecule has 0 spiro atoms. The molecular weight excluding hydrogens is 1070 g/mol. The fraction of sp³-hybridized carbons (Fsp3) is 0.680. The monoisotopic (exact) mass is 1200 g/mol. The molecule has 0 radical (unpaired) electrons. The molecule has 0 aliphatic carbocycles. The van der Waals surface area contributed by atoms with Crippen molar-refractivity contribution in [2.45, 2.75) is 290 Å². The second-order valence-corrected chi connectivity index (χ2v) is 25.4. The van der Waals surface area contributed by atoms with Gasteiger partial charge >= 0.3 is 5.97 Å². The Balaban J connectivity index is 5.14. The molecule has 0 saturated heterocycles. The van der Waals surface area contributed by atoms with E-state index >= 15 is 0 Å². The number of phosphoric ester groups is 1. The van der Waals surface area contributed by atoms with Crippen LogP contribution in [0.3, 0.4) is 0 Å². The Morgan fingerprint density at radius 1 is 0.424 bits per heavy atom. The number of nitrogens with zero attached hydrogens (tertiary/aromatic N) is 1. The topological polar surface area (TPSA) is 114 Å². The van der Waals surface area contributed by atoms with E-state index in [2.05, 4.69) is 148 Å². The number of quaternary nitrogens is 1. The highest BCUT2D eigenvalue weighted by Crippen LogP contribution is 2.38. The van der Waals surface area contributed by atoms with Crippen molar-refractivity contribution in [2.24, 2.45) is 0 Å². The summed E-state index contributed by atoms with van der Waals surface area (Å²) in [5, 5.41) is 3.02. The van der Waals surface area contributed by atoms with Crippen LogP contribution in [0.2, 0.25) is 0 Å². The highest BCUT2D eigenvalue weighted by Gasteiger charge is 2.27. The van der Waals surface area contributed by atoms with Crippen LogP contribution in [0.25, 0.3) is 0 Å². The third kappa shape index (κ3) is 64.5. The Hall–Kier alpha value is -3.85. The number of carbonyl (C=O) groups excluding carboxylic acids is 2. The van der Waals surface area contributed by atoms with E-state index in [-0.39, 0.29) is 24.9 Å². The number of ether oxygens (including phenoxy) is 1. The first-order valence-corrected chi connectivity index (χ1v) is 36.0. The van der Waals surface area contributed by atoms with Crippen molar-refractivity contribution < 1.29 is 37.3 Å². The molecule has 0 aromatic rings. The number of allylic oxidation sites excluding steroid dienone is 21. The second kappa shape index (κ2) is 63.2. The molecule has 0 aliphatic rings. The molecule has 1 N–H and O–H groups in total. The average molecular weight is 1200 g/mol. The van der Waals surface area contributed by atoms with Gasteiger partial charge in [0, 0.05) is 12.8 Å². The average Bonchev–Trinajstić information content (AvgIpc) is 3.63. The summed E-state index contributed by atoms with van der Waals surface area (Å²) in [5.74, 6) is -0.602. The van der Waals surface area contributed by atoms with Crippen LogP contribution >= 0.6 is 7.82 Å². The van der Waals surface area contributed by atoms with Crippen LogP contribution < -0.4 is 10.2 Å². The van der Waals surface area contributed by atoms with E-state index in [1.165, 1.54) is 116 Å². The van der Waals surface area contributed by atoms with Crippen LogP contribution in [0, 0.1) is 0 Å². The van der Waals surface area contributed by atoms with Gasteiger partial charge in [-0.25, -0.2) is 0 Å². The van der Waals surface area contributed by atoms with Gasteiger partial charge in [0.05, 0.1) is 33.8 Å². The molecule has 10 heteroatoms. The summed E-state index contributed by atoms with van der Waals surface area (Å²) in [6.45, 7) is 6.66. The highest BCUT2D eigenvalue weighted by molar-refractivity contribution is 7.45. The first-order valence-electron chi connectivity index (χ1n) is 34.5. The standard InChI is InChI=1S/C75H129N2O7P/c1-7-10-13-16-19-22-25-27-29-31-33-35-36-37-38-39-40-42-43-45-47-49-52-55-58-61-64-67-74(78)76-72(71-83-85(80,81)82-70-69-77(4,5)6)73(66-63-60-57-54-51-24-21-18-15-12-9-3)84-75(79)68-65-62-59-56-53-50-48-46-44-41-34-32-30-28-26-23-20-17-14-11-8-2/h11,14,19-20,22-23,27-30,33-35,37-38,41,46,48,53,56,63,66,72-73H,7-10,12-13,15-18,21,24-26,31-32,36,39-40,42-45,47,49-52,54-55,57-62,64-65,67-71H2,1-6H3,(H-,76,78,80,81)/b14-11-,22-19-,23-20-,29-27-,30-28-,35-33-,38-37-,41-34-,48-46-,56-53-,66-63-. The largest absolute Gasteiger partial charge is 0.756 e. The number of nitrogens with one attached hydrogen (secondary N) is 1. The zero-order valence-corrected chi connectivity index (χ0v) is 56.4. The van der Waals surface area contributed by atoms with Crippen molar-refractivity contribution in [3.63, 3.8) is 0 Å². The number of amides is 1. The van der Waals surface area contributed by atoms with Crippen LogP contribution in [-0.4, -0.2) is 69.4 Å². The molecule has 0 aromatic heterocycles. The molecule has 0 fully saturated rings. The van der Waals surface area contributed by atoms with Crippen LogP contribution in [0.15, 0.2) is 134 Å². The van der Waals surface area contributed by atoms with E-state index in [0.29, 0.717) is 23.9 Å². The summed E-state index contributed by atoms with van der Waals surface area (Å²) >= 11 is 0. The van der Waals surface area contributed by atoms with Crippen LogP contribution in [0.5, 0.6) is 0 Å². The molecule has 0 aliphatic heterocycles. The van der Waals surface area contributed by atoms with E-state index in [9.17, 15) is 19.0 Å². The summed E-state index contributed by atoms with van der Waals surface area (Å²) in [6, 6.07) is -0.918. The molecule has 1 amide bonds. The first-order chi connectivity index (χ1) is 41.4. The quantitative estimate of drug-likeness (QED) is 0.0212. The van der Waals surface area contributed by atoms with E-state index in [1.807, 2.05) is 33.3 Å². The van der Waals surface area contributed by atoms with E-state index in [1.54, 1.807) is 0 Å². The lowest BCUT2D eigenvalue weighted by molar-refractivity contribution is -0.870. The Morgan fingerprint density at radius 3 is 1.16 bits per heavy atom. The Morgan fingerprint density at radius 2 is 0.753 bits per heavy atom. The third-order valence-electron chi connectivity index (χ3n) is 14.6. The molecule has 3 unspecified atom stereocenters. The van der Waals surface area contributed by atoms with E-state index < -0.39 is 26.6 Å². The van der Waals surface area contributed by atoms with Gasteiger partial charge in [-0.1, -0.05) is 270 Å². The molecule has 0 heterocycles. The van der Waals surface area contributed by atoms with Gasteiger partial charge in [-0.15, -0.1) is 0 Å². The van der Waals surface area contributed by atoms with Crippen molar-refractivity contribution in [3.05, 3.63) is 134 Å². The highest BCUT2D eigenvalue weighted by atomic mass is 31.2. The molecule has 0 rings (SSSR count). The predicted molar refractivity (Wildman–Crippen MR) is 366 cm³/mol. The molecule has 0 saturated carbocycles. The molecule has 9 nitrogen and oxygen atoms in total. The molecule has 486 valence electrons. The van der Waals surface area contributed by atoms with Crippen LogP contribution in [-0.2, 0) is 27.9 Å². The fourth-order valence-electron chi connectivity index (χ4n) is 9.27. The minimum absolute atomic E-state index is 0.0369. The van der Waals surface area contributed by atoms with Gasteiger partial charge in [-0.2, -0.15) is 0 Å². The second-order valence-electron chi connectivity index (χ2n) is 23.9. The maximum absolute atomic E-state index is 13.6. The molecule has 0 aromatic carbocycles. The minimum atomic E-state index is -4.72. The lowest BCUT2D eigenvalue weighted by atomic mass is 10.0. The van der Waals surface area contributed by atoms with Gasteiger partial charge in [0.25, 0.3) is 7.82 Å². The number of rotatable bonds is 61. The summed E-state index contributed by atoms with van der Waals surface area (Å²) in [7, 11) is 1.14. The summed E-state index contributed by atoms with van der Waals surface area (Å²) < 4.78 is 30.3. The Bertz CT molecular complexity index is 1920. The molecule has 85 heavy (non-hydrogen) atoms. The van der Waals surface area contributed by atoms with Gasteiger partial charge in [0.15, 0.2) is 0 Å². The van der Waals surface area contributed by atoms with Gasteiger partial charge in [0.1, 0.15) is 19.3 Å². The van der Waals surface area contributed by atoms with Crippen LogP contribution in [0.1, 0.15) is 278 Å². The zero-order chi connectivity index (χ0) is 62.1. The van der Waals surface area contributed by atoms with Gasteiger partial charge in [-0.3, -0.25) is 14.2 Å². The molecule has 0 bridgehead atoms. The van der Waals surface area contributed by atoms with Crippen LogP contribution in [0.4, 0.5) is 0 Å². The van der Waals surface area contributed by atoms with E-state index in [0.717, 1.165) is 122 Å². The summed E-state index contributed by atoms with van der Waals surface area (Å²) in [4.78, 5) is 40.1. The number of hydrogen-bond donors (Lipinski definition) is 1. The van der Waals surface area contributed by atoms with Crippen molar-refractivity contribution in [2.75, 3.05) is 40.9 Å². The number of unbranched alkanes of at least 4 members (excludes halogenated alkanes) is 25. The van der Waals surface area contributed by atoms with Crippen molar-refractivity contribution in [1.29, 1.82) is 0 Å². The normalized spacial score (nSPS) is 14.4. The number of carbonyl (C=O) groups is 2. The van der Waals surface area contributed by atoms with Gasteiger partial charge < -0.3 is 28.5 Å². The lowest BCUT2D eigenvalue weighted by Gasteiger charge is -2.30. The lowest BCUT2D eigenvalue weighted by Crippen LogP contribution is -2.47. The maximum atomic E-state index is 13.6. The van der Waals surface area contributed by atoms with Gasteiger partial charge in [0.2, 0.25) is 5.91 Å².